The lowest BCUT2D eigenvalue weighted by Crippen LogP contribution is -2.37. The molecule has 190 valence electrons. The van der Waals surface area contributed by atoms with Crippen LogP contribution in [-0.4, -0.2) is 71.5 Å². The third-order valence-corrected chi connectivity index (χ3v) is 6.61. The maximum absolute atomic E-state index is 13.6. The Hall–Kier alpha value is -3.43. The van der Waals surface area contributed by atoms with Crippen molar-refractivity contribution >= 4 is 16.8 Å². The minimum Gasteiger partial charge on any atom is -0.508 e. The molecule has 0 atom stereocenters. The molecule has 36 heavy (non-hydrogen) atoms. The number of carbonyl (C=O) groups is 1. The minimum absolute atomic E-state index is 0.0624. The molecular weight excluding hydrogens is 460 g/mol. The molecule has 2 aromatic carbocycles. The number of nitrogens with one attached hydrogen (secondary N) is 1. The Kier molecular flexibility index (Phi) is 7.48. The van der Waals surface area contributed by atoms with Crippen LogP contribution in [0.2, 0.25) is 0 Å². The van der Waals surface area contributed by atoms with E-state index in [9.17, 15) is 14.7 Å². The quantitative estimate of drug-likeness (QED) is 0.419. The first-order valence-electron chi connectivity index (χ1n) is 12.6. The molecule has 0 bridgehead atoms. The van der Waals surface area contributed by atoms with Crippen LogP contribution < -0.4 is 15.6 Å². The third kappa shape index (κ3) is 6.03. The first-order chi connectivity index (χ1) is 17.6. The van der Waals surface area contributed by atoms with Gasteiger partial charge in [-0.25, -0.2) is 4.98 Å². The van der Waals surface area contributed by atoms with Gasteiger partial charge >= 0.3 is 0 Å². The smallest absolute Gasteiger partial charge is 0.262 e. The Labute approximate surface area is 209 Å². The summed E-state index contributed by atoms with van der Waals surface area (Å²) in [6, 6.07) is 11.8. The summed E-state index contributed by atoms with van der Waals surface area (Å²) in [5.74, 6) is 1.30. The fourth-order valence-electron chi connectivity index (χ4n) is 4.38. The predicted octanol–water partition coefficient (Wildman–Crippen LogP) is 2.40. The fourth-order valence-corrected chi connectivity index (χ4v) is 4.38. The third-order valence-electron chi connectivity index (χ3n) is 6.61. The summed E-state index contributed by atoms with van der Waals surface area (Å²) in [5.41, 5.74) is 0.750. The number of aromatic nitrogens is 2. The molecule has 1 aliphatic carbocycles. The number of phenols is 1. The molecule has 0 radical (unpaired) electrons. The number of nitrogens with zero attached hydrogens (tertiary/aromatic N) is 3. The zero-order chi connectivity index (χ0) is 24.9. The number of phenolic OH excluding ortho intramolecular Hbond substituents is 1. The predicted molar refractivity (Wildman–Crippen MR) is 136 cm³/mol. The van der Waals surface area contributed by atoms with E-state index in [0.717, 1.165) is 52.1 Å². The number of amides is 1. The number of rotatable bonds is 10. The molecule has 2 fully saturated rings. The van der Waals surface area contributed by atoms with Gasteiger partial charge in [-0.2, -0.15) is 0 Å². The van der Waals surface area contributed by atoms with E-state index < -0.39 is 0 Å². The Morgan fingerprint density at radius 1 is 1.17 bits per heavy atom. The first-order valence-corrected chi connectivity index (χ1v) is 12.6. The lowest BCUT2D eigenvalue weighted by molar-refractivity contribution is -0.121. The van der Waals surface area contributed by atoms with Crippen LogP contribution in [0.15, 0.2) is 47.3 Å². The van der Waals surface area contributed by atoms with Gasteiger partial charge in [0, 0.05) is 31.7 Å². The van der Waals surface area contributed by atoms with Crippen LogP contribution >= 0.6 is 0 Å². The highest BCUT2D eigenvalue weighted by molar-refractivity contribution is 5.83. The van der Waals surface area contributed by atoms with Crippen LogP contribution in [0.5, 0.6) is 11.5 Å². The number of hydrogen-bond donors (Lipinski definition) is 2. The molecule has 2 N–H and O–H groups in total. The van der Waals surface area contributed by atoms with Gasteiger partial charge in [0.1, 0.15) is 23.9 Å². The highest BCUT2D eigenvalue weighted by Crippen LogP contribution is 2.28. The second kappa shape index (κ2) is 11.1. The number of morpholine rings is 1. The topological polar surface area (TPSA) is 106 Å². The van der Waals surface area contributed by atoms with E-state index in [1.807, 2.05) is 6.07 Å². The zero-order valence-corrected chi connectivity index (χ0v) is 20.3. The average Bonchev–Trinajstić information content (AvgIpc) is 3.72. The van der Waals surface area contributed by atoms with Crippen molar-refractivity contribution < 1.29 is 19.4 Å². The van der Waals surface area contributed by atoms with Gasteiger partial charge in [-0.3, -0.25) is 19.1 Å². The SMILES string of the molecule is O=C(Cn1c(-c2cccc(O)c2)nc2ccc(OCCCN3CCOCC3)cc2c1=O)NCC1CC1. The molecule has 5 rings (SSSR count). The normalized spacial score (nSPS) is 16.2. The molecule has 1 saturated heterocycles. The number of benzene rings is 2. The molecule has 0 unspecified atom stereocenters. The minimum atomic E-state index is -0.321. The fraction of sp³-hybridized carbons (Fsp3) is 0.444. The van der Waals surface area contributed by atoms with E-state index in [1.165, 1.54) is 10.6 Å². The van der Waals surface area contributed by atoms with Gasteiger partial charge in [-0.15, -0.1) is 0 Å². The summed E-state index contributed by atoms with van der Waals surface area (Å²) in [6.45, 7) is 5.38. The monoisotopic (exact) mass is 492 g/mol. The zero-order valence-electron chi connectivity index (χ0n) is 20.3. The standard InChI is InChI=1S/C27H32N4O5/c32-21-4-1-3-20(15-21)26-29-24-8-7-22(36-12-2-9-30-10-13-35-14-11-30)16-23(24)27(34)31(26)18-25(33)28-17-19-5-6-19/h1,3-4,7-8,15-16,19,32H,2,5-6,9-14,17-18H2,(H,28,33). The Balaban J connectivity index is 1.37. The molecule has 1 amide bonds. The van der Waals surface area contributed by atoms with Gasteiger partial charge in [0.05, 0.1) is 30.7 Å². The number of ether oxygens (including phenoxy) is 2. The van der Waals surface area contributed by atoms with E-state index in [4.69, 9.17) is 14.5 Å². The first kappa shape index (κ1) is 24.3. The summed E-state index contributed by atoms with van der Waals surface area (Å²) in [4.78, 5) is 33.3. The van der Waals surface area contributed by atoms with Crippen LogP contribution in [0.25, 0.3) is 22.3 Å². The van der Waals surface area contributed by atoms with E-state index in [-0.39, 0.29) is 23.8 Å². The van der Waals surface area contributed by atoms with Crippen LogP contribution in [0.1, 0.15) is 19.3 Å². The van der Waals surface area contributed by atoms with Crippen molar-refractivity contribution in [2.24, 2.45) is 5.92 Å². The molecule has 0 spiro atoms. The number of aromatic hydroxyl groups is 1. The van der Waals surface area contributed by atoms with Gasteiger partial charge in [0.2, 0.25) is 5.91 Å². The van der Waals surface area contributed by atoms with Crippen molar-refractivity contribution in [2.75, 3.05) is 46.0 Å². The Morgan fingerprint density at radius 3 is 2.78 bits per heavy atom. The lowest BCUT2D eigenvalue weighted by Gasteiger charge is -2.26. The van der Waals surface area contributed by atoms with Crippen LogP contribution in [-0.2, 0) is 16.1 Å². The van der Waals surface area contributed by atoms with Crippen molar-refractivity contribution in [1.82, 2.24) is 19.8 Å². The molecule has 1 saturated carbocycles. The van der Waals surface area contributed by atoms with Crippen molar-refractivity contribution in [1.29, 1.82) is 0 Å². The van der Waals surface area contributed by atoms with Crippen LogP contribution in [0.3, 0.4) is 0 Å². The molecule has 9 nitrogen and oxygen atoms in total. The van der Waals surface area contributed by atoms with Crippen molar-refractivity contribution in [2.45, 2.75) is 25.8 Å². The van der Waals surface area contributed by atoms with Gasteiger partial charge in [-0.05, 0) is 55.5 Å². The number of carbonyl (C=O) groups excluding carboxylic acids is 1. The highest BCUT2D eigenvalue weighted by Gasteiger charge is 2.22. The number of hydrogen-bond acceptors (Lipinski definition) is 7. The maximum atomic E-state index is 13.6. The molecule has 1 aromatic heterocycles. The summed E-state index contributed by atoms with van der Waals surface area (Å²) >= 11 is 0. The molecular formula is C27H32N4O5. The van der Waals surface area contributed by atoms with Crippen molar-refractivity contribution in [3.8, 4) is 22.9 Å². The van der Waals surface area contributed by atoms with Gasteiger partial charge in [0.15, 0.2) is 0 Å². The van der Waals surface area contributed by atoms with E-state index in [2.05, 4.69) is 10.2 Å². The largest absolute Gasteiger partial charge is 0.508 e. The maximum Gasteiger partial charge on any atom is 0.262 e. The molecule has 9 heteroatoms. The number of fused-ring (bicyclic) bond motifs is 1. The summed E-state index contributed by atoms with van der Waals surface area (Å²) in [6.07, 6.45) is 3.13. The van der Waals surface area contributed by atoms with Gasteiger partial charge in [0.25, 0.3) is 5.56 Å². The molecule has 1 aliphatic heterocycles. The van der Waals surface area contributed by atoms with Gasteiger partial charge in [-0.1, -0.05) is 12.1 Å². The van der Waals surface area contributed by atoms with E-state index in [0.29, 0.717) is 47.1 Å². The van der Waals surface area contributed by atoms with E-state index in [1.54, 1.807) is 30.3 Å². The highest BCUT2D eigenvalue weighted by atomic mass is 16.5. The molecule has 2 heterocycles. The lowest BCUT2D eigenvalue weighted by atomic mass is 10.1. The Morgan fingerprint density at radius 2 is 2.00 bits per heavy atom. The summed E-state index contributed by atoms with van der Waals surface area (Å²) in [5, 5.41) is 13.3. The molecule has 2 aliphatic rings. The summed E-state index contributed by atoms with van der Waals surface area (Å²) in [7, 11) is 0. The average molecular weight is 493 g/mol. The van der Waals surface area contributed by atoms with Gasteiger partial charge < -0.3 is 19.9 Å². The summed E-state index contributed by atoms with van der Waals surface area (Å²) < 4.78 is 12.7. The molecule has 3 aromatic rings. The van der Waals surface area contributed by atoms with E-state index >= 15 is 0 Å². The second-order valence-corrected chi connectivity index (χ2v) is 9.46. The van der Waals surface area contributed by atoms with Crippen molar-refractivity contribution in [3.05, 3.63) is 52.8 Å². The van der Waals surface area contributed by atoms with Crippen molar-refractivity contribution in [3.63, 3.8) is 0 Å². The van der Waals surface area contributed by atoms with Crippen LogP contribution in [0.4, 0.5) is 0 Å². The van der Waals surface area contributed by atoms with Crippen LogP contribution in [0, 0.1) is 5.92 Å². The Bertz CT molecular complexity index is 1280. The second-order valence-electron chi connectivity index (χ2n) is 9.46.